The molecule has 1 saturated carbocycles. The van der Waals surface area contributed by atoms with Gasteiger partial charge in [-0.1, -0.05) is 54.6 Å². The van der Waals surface area contributed by atoms with Crippen LogP contribution in [0.2, 0.25) is 0 Å². The summed E-state index contributed by atoms with van der Waals surface area (Å²) >= 11 is 0. The second kappa shape index (κ2) is 11.4. The molecule has 2 aromatic carbocycles. The number of alkyl carbamates (subject to hydrolysis) is 1. The highest BCUT2D eigenvalue weighted by atomic mass is 19.1. The van der Waals surface area contributed by atoms with Gasteiger partial charge in [0.25, 0.3) is 5.56 Å². The van der Waals surface area contributed by atoms with Gasteiger partial charge in [0.05, 0.1) is 18.7 Å². The number of alkyl halides is 1. The van der Waals surface area contributed by atoms with Crippen LogP contribution in [0.25, 0.3) is 33.6 Å². The number of aliphatic hydroxyl groups is 1. The fourth-order valence-corrected chi connectivity index (χ4v) is 5.22. The number of nitrogens with one attached hydrogen (secondary N) is 2. The lowest BCUT2D eigenvalue weighted by Crippen LogP contribution is -2.52. The Balaban J connectivity index is 1.60. The van der Waals surface area contributed by atoms with Crippen molar-refractivity contribution in [2.24, 2.45) is 0 Å². The molecule has 1 amide bonds. The molecule has 4 aromatic rings. The molecule has 2 heterocycles. The van der Waals surface area contributed by atoms with Crippen molar-refractivity contribution in [1.82, 2.24) is 14.9 Å². The molecule has 0 spiro atoms. The van der Waals surface area contributed by atoms with Crippen LogP contribution in [-0.2, 0) is 16.8 Å². The number of ether oxygens (including phenoxy) is 1. The number of halogens is 1. The minimum Gasteiger partial charge on any atom is -0.444 e. The number of benzene rings is 2. The number of amides is 1. The summed E-state index contributed by atoms with van der Waals surface area (Å²) in [6.45, 7) is 4.51. The molecule has 2 aromatic heterocycles. The average Bonchev–Trinajstić information content (AvgIpc) is 3.31. The molecule has 1 aliphatic carbocycles. The van der Waals surface area contributed by atoms with Crippen molar-refractivity contribution in [1.29, 1.82) is 0 Å². The van der Waals surface area contributed by atoms with E-state index in [4.69, 9.17) is 9.15 Å². The minimum absolute atomic E-state index is 0.116. The van der Waals surface area contributed by atoms with Gasteiger partial charge in [-0.15, -0.1) is 0 Å². The molecule has 3 N–H and O–H groups in total. The van der Waals surface area contributed by atoms with E-state index in [-0.39, 0.29) is 36.7 Å². The van der Waals surface area contributed by atoms with Crippen molar-refractivity contribution in [2.75, 3.05) is 25.1 Å². The van der Waals surface area contributed by atoms with Crippen LogP contribution in [0.1, 0.15) is 45.6 Å². The van der Waals surface area contributed by atoms with E-state index in [1.54, 1.807) is 0 Å². The van der Waals surface area contributed by atoms with Gasteiger partial charge < -0.3 is 24.9 Å². The number of nitrogens with zero attached hydrogens (tertiary/aromatic N) is 2. The van der Waals surface area contributed by atoms with Gasteiger partial charge in [-0.25, -0.2) is 9.18 Å². The summed E-state index contributed by atoms with van der Waals surface area (Å²) < 4.78 is 26.4. The Hall–Kier alpha value is -4.18. The summed E-state index contributed by atoms with van der Waals surface area (Å²) in [7, 11) is 0. The summed E-state index contributed by atoms with van der Waals surface area (Å²) in [5, 5.41) is 15.5. The van der Waals surface area contributed by atoms with Gasteiger partial charge in [-0.05, 0) is 51.2 Å². The molecular weight excluding hydrogens is 527 g/mol. The van der Waals surface area contributed by atoms with Crippen molar-refractivity contribution in [3.8, 4) is 22.5 Å². The van der Waals surface area contributed by atoms with Crippen LogP contribution in [0.15, 0.2) is 63.8 Å². The normalized spacial score (nSPS) is 14.5. The van der Waals surface area contributed by atoms with Crippen molar-refractivity contribution in [3.05, 3.63) is 70.5 Å². The average molecular weight is 563 g/mol. The van der Waals surface area contributed by atoms with Gasteiger partial charge in [0.2, 0.25) is 11.7 Å². The molecule has 0 atom stereocenters. The number of hydrogen-bond donors (Lipinski definition) is 3. The fraction of sp³-hybridized carbons (Fsp3) is 0.387. The number of rotatable bonds is 9. The first-order valence-electron chi connectivity index (χ1n) is 13.8. The van der Waals surface area contributed by atoms with E-state index in [9.17, 15) is 19.1 Å². The van der Waals surface area contributed by atoms with Crippen LogP contribution in [0.3, 0.4) is 0 Å². The molecule has 0 bridgehead atoms. The van der Waals surface area contributed by atoms with Crippen LogP contribution < -0.4 is 16.2 Å². The van der Waals surface area contributed by atoms with E-state index < -0.39 is 29.5 Å². The van der Waals surface area contributed by atoms with Gasteiger partial charge in [0, 0.05) is 17.7 Å². The second-order valence-electron chi connectivity index (χ2n) is 11.2. The third-order valence-electron chi connectivity index (χ3n) is 7.22. The molecule has 10 heteroatoms. The third-order valence-corrected chi connectivity index (χ3v) is 7.22. The lowest BCUT2D eigenvalue weighted by Gasteiger charge is -2.43. The van der Waals surface area contributed by atoms with Gasteiger partial charge in [0.15, 0.2) is 0 Å². The molecule has 0 radical (unpaired) electrons. The lowest BCUT2D eigenvalue weighted by atomic mass is 9.71. The van der Waals surface area contributed by atoms with Gasteiger partial charge >= 0.3 is 6.09 Å². The minimum atomic E-state index is -0.757. The Morgan fingerprint density at radius 2 is 1.83 bits per heavy atom. The topological polar surface area (TPSA) is 119 Å². The zero-order valence-corrected chi connectivity index (χ0v) is 23.5. The number of aliphatic hydroxyl groups excluding tert-OH is 1. The van der Waals surface area contributed by atoms with Crippen LogP contribution >= 0.6 is 0 Å². The van der Waals surface area contributed by atoms with E-state index in [0.717, 1.165) is 36.0 Å². The second-order valence-corrected chi connectivity index (χ2v) is 11.2. The number of fused-ring (bicyclic) bond motifs is 1. The molecular formula is C31H35FN4O5. The quantitative estimate of drug-likeness (QED) is 0.243. The first-order valence-corrected chi connectivity index (χ1v) is 13.8. The summed E-state index contributed by atoms with van der Waals surface area (Å²) in [4.78, 5) is 30.8. The highest BCUT2D eigenvalue weighted by Crippen LogP contribution is 2.44. The molecule has 5 rings (SSSR count). The summed E-state index contributed by atoms with van der Waals surface area (Å²) in [5.74, 6) is 0.584. The van der Waals surface area contributed by atoms with Gasteiger partial charge in [-0.3, -0.25) is 9.36 Å². The number of hydrogen-bond acceptors (Lipinski definition) is 7. The Kier molecular flexibility index (Phi) is 7.86. The number of anilines is 1. The van der Waals surface area contributed by atoms with E-state index in [0.29, 0.717) is 11.3 Å². The predicted octanol–water partition coefficient (Wildman–Crippen LogP) is 5.60. The standard InChI is InChI=1S/C31H35FN4O5/c1-30(2,3)41-29(39)35-31(14-7-15-31)22-12-10-21(11-13-22)25-23(20-8-5-4-6-9-20)24-26(40-25)34-28(33-17-19-37)36(18-16-32)27(24)38/h4-6,8-13,37H,7,14-19H2,1-3H3,(H,33,34)(H,35,39). The summed E-state index contributed by atoms with van der Waals surface area (Å²) in [5.41, 5.74) is 1.57. The number of furan rings is 1. The van der Waals surface area contributed by atoms with Crippen LogP contribution in [0.5, 0.6) is 0 Å². The molecule has 1 aliphatic rings. The maximum absolute atomic E-state index is 13.7. The van der Waals surface area contributed by atoms with Crippen LogP contribution in [0.4, 0.5) is 15.1 Å². The first-order chi connectivity index (χ1) is 19.7. The van der Waals surface area contributed by atoms with Gasteiger partial charge in [-0.2, -0.15) is 4.98 Å². The largest absolute Gasteiger partial charge is 0.444 e. The highest BCUT2D eigenvalue weighted by Gasteiger charge is 2.41. The lowest BCUT2D eigenvalue weighted by molar-refractivity contribution is 0.0377. The SMILES string of the molecule is CC(C)(C)OC(=O)NC1(c2ccc(-c3oc4nc(NCCO)n(CCF)c(=O)c4c3-c3ccccc3)cc2)CCC1. The summed E-state index contributed by atoms with van der Waals surface area (Å²) in [6, 6.07) is 17.1. The molecule has 0 saturated heterocycles. The molecule has 0 aliphatic heterocycles. The number of carbonyl (C=O) groups excluding carboxylic acids is 1. The maximum Gasteiger partial charge on any atom is 0.408 e. The van der Waals surface area contributed by atoms with Crippen molar-refractivity contribution >= 4 is 23.1 Å². The summed E-state index contributed by atoms with van der Waals surface area (Å²) in [6.07, 6.45) is 2.13. The van der Waals surface area contributed by atoms with E-state index in [1.165, 1.54) is 4.57 Å². The zero-order chi connectivity index (χ0) is 29.2. The van der Waals surface area contributed by atoms with E-state index >= 15 is 0 Å². The Bertz CT molecular complexity index is 1590. The van der Waals surface area contributed by atoms with Crippen LogP contribution in [-0.4, -0.2) is 46.2 Å². The van der Waals surface area contributed by atoms with E-state index in [2.05, 4.69) is 15.6 Å². The van der Waals surface area contributed by atoms with Gasteiger partial charge in [0.1, 0.15) is 23.4 Å². The fourth-order valence-electron chi connectivity index (χ4n) is 5.22. The maximum atomic E-state index is 13.7. The Labute approximate surface area is 237 Å². The molecule has 9 nitrogen and oxygen atoms in total. The van der Waals surface area contributed by atoms with Crippen LogP contribution in [0, 0.1) is 0 Å². The molecule has 41 heavy (non-hydrogen) atoms. The van der Waals surface area contributed by atoms with Crippen molar-refractivity contribution < 1.29 is 23.4 Å². The molecule has 0 unspecified atom stereocenters. The van der Waals surface area contributed by atoms with Crippen molar-refractivity contribution in [3.63, 3.8) is 0 Å². The molecule has 216 valence electrons. The smallest absolute Gasteiger partial charge is 0.408 e. The molecule has 1 fully saturated rings. The monoisotopic (exact) mass is 562 g/mol. The predicted molar refractivity (Wildman–Crippen MR) is 156 cm³/mol. The van der Waals surface area contributed by atoms with E-state index in [1.807, 2.05) is 75.4 Å². The van der Waals surface area contributed by atoms with Crippen molar-refractivity contribution in [2.45, 2.75) is 57.7 Å². The number of carbonyl (C=O) groups is 1. The zero-order valence-electron chi connectivity index (χ0n) is 23.5. The third kappa shape index (κ3) is 5.69. The first kappa shape index (κ1) is 28.4. The number of aromatic nitrogens is 2. The Morgan fingerprint density at radius 1 is 1.12 bits per heavy atom. The highest BCUT2D eigenvalue weighted by molar-refractivity contribution is 6.00. The Morgan fingerprint density at radius 3 is 2.41 bits per heavy atom.